The number of aliphatic hydroxyl groups is 1. The summed E-state index contributed by atoms with van der Waals surface area (Å²) >= 11 is 0. The molecular formula is C21H32O2. The van der Waals surface area contributed by atoms with Crippen LogP contribution in [0.1, 0.15) is 72.1 Å². The number of ketones is 1. The van der Waals surface area contributed by atoms with Crippen LogP contribution >= 0.6 is 0 Å². The van der Waals surface area contributed by atoms with Crippen LogP contribution < -0.4 is 0 Å². The van der Waals surface area contributed by atoms with E-state index in [1.807, 2.05) is 6.92 Å². The van der Waals surface area contributed by atoms with E-state index in [0.717, 1.165) is 43.4 Å². The van der Waals surface area contributed by atoms with Crippen LogP contribution in [0.3, 0.4) is 0 Å². The third kappa shape index (κ3) is 2.13. The van der Waals surface area contributed by atoms with Crippen LogP contribution in [0.5, 0.6) is 0 Å². The highest BCUT2D eigenvalue weighted by Crippen LogP contribution is 2.66. The molecule has 128 valence electrons. The summed E-state index contributed by atoms with van der Waals surface area (Å²) in [5, 5.41) is 10.1. The Hall–Kier alpha value is -0.630. The molecule has 23 heavy (non-hydrogen) atoms. The van der Waals surface area contributed by atoms with E-state index in [4.69, 9.17) is 0 Å². The molecule has 1 N–H and O–H groups in total. The normalized spacial score (nSPS) is 52.2. The van der Waals surface area contributed by atoms with Crippen molar-refractivity contribution in [2.24, 2.45) is 34.5 Å². The molecular weight excluding hydrogens is 284 g/mol. The van der Waals surface area contributed by atoms with Crippen molar-refractivity contribution >= 4 is 5.78 Å². The van der Waals surface area contributed by atoms with Gasteiger partial charge in [-0.1, -0.05) is 25.5 Å². The predicted molar refractivity (Wildman–Crippen MR) is 91.9 cm³/mol. The molecule has 0 aromatic rings. The zero-order chi connectivity index (χ0) is 16.4. The molecule has 0 bridgehead atoms. The van der Waals surface area contributed by atoms with Crippen LogP contribution in [0.25, 0.3) is 0 Å². The van der Waals surface area contributed by atoms with Crippen molar-refractivity contribution in [1.82, 2.24) is 0 Å². The lowest BCUT2D eigenvalue weighted by Gasteiger charge is -2.57. The number of hydrogen-bond acceptors (Lipinski definition) is 2. The maximum atomic E-state index is 12.2. The zero-order valence-electron chi connectivity index (χ0n) is 15.0. The number of fused-ring (bicyclic) bond motifs is 5. The number of carbonyl (C=O) groups is 1. The second-order valence-corrected chi connectivity index (χ2v) is 9.44. The smallest absolute Gasteiger partial charge is 0.133 e. The van der Waals surface area contributed by atoms with Crippen molar-refractivity contribution in [1.29, 1.82) is 0 Å². The molecule has 0 aromatic carbocycles. The molecule has 4 aliphatic rings. The SMILES string of the molecule is CC(=O)[C@@H]1CC[C@@H]2[C@H]3CC=C4C[C@@H](O)CC[C@@]4(C)[C@@H]3CC[C@]21C. The van der Waals surface area contributed by atoms with E-state index < -0.39 is 0 Å². The number of Topliss-reactive ketones (excluding diaryl/α,β-unsaturated/α-hetero) is 1. The number of aliphatic hydroxyl groups excluding tert-OH is 1. The number of allylic oxidation sites excluding steroid dienone is 1. The lowest BCUT2D eigenvalue weighted by molar-refractivity contribution is -0.127. The van der Waals surface area contributed by atoms with Gasteiger partial charge in [0.2, 0.25) is 0 Å². The molecule has 3 fully saturated rings. The van der Waals surface area contributed by atoms with Gasteiger partial charge in [-0.3, -0.25) is 4.79 Å². The molecule has 7 atom stereocenters. The maximum Gasteiger partial charge on any atom is 0.133 e. The Morgan fingerprint density at radius 2 is 1.91 bits per heavy atom. The molecule has 3 saturated carbocycles. The van der Waals surface area contributed by atoms with Crippen molar-refractivity contribution in [2.45, 2.75) is 78.2 Å². The fourth-order valence-corrected chi connectivity index (χ4v) is 7.31. The average molecular weight is 316 g/mol. The molecule has 2 heteroatoms. The lowest BCUT2D eigenvalue weighted by atomic mass is 9.47. The molecule has 0 saturated heterocycles. The number of rotatable bonds is 1. The van der Waals surface area contributed by atoms with Crippen LogP contribution in [0, 0.1) is 34.5 Å². The van der Waals surface area contributed by atoms with E-state index in [2.05, 4.69) is 19.9 Å². The number of carbonyl (C=O) groups excluding carboxylic acids is 1. The van der Waals surface area contributed by atoms with Gasteiger partial charge in [-0.25, -0.2) is 0 Å². The molecule has 0 spiro atoms. The van der Waals surface area contributed by atoms with Gasteiger partial charge in [-0.05, 0) is 86.9 Å². The van der Waals surface area contributed by atoms with E-state index in [9.17, 15) is 9.90 Å². The number of hydrogen-bond donors (Lipinski definition) is 1. The quantitative estimate of drug-likeness (QED) is 0.722. The summed E-state index contributed by atoms with van der Waals surface area (Å²) in [6, 6.07) is 0. The molecule has 0 aromatic heterocycles. The van der Waals surface area contributed by atoms with E-state index in [1.165, 1.54) is 25.7 Å². The fraction of sp³-hybridized carbons (Fsp3) is 0.857. The third-order valence-electron chi connectivity index (χ3n) is 8.57. The van der Waals surface area contributed by atoms with Crippen molar-refractivity contribution in [2.75, 3.05) is 0 Å². The summed E-state index contributed by atoms with van der Waals surface area (Å²) in [4.78, 5) is 12.2. The Balaban J connectivity index is 1.66. The Bertz CT molecular complexity index is 550. The van der Waals surface area contributed by atoms with Gasteiger partial charge >= 0.3 is 0 Å². The monoisotopic (exact) mass is 316 g/mol. The highest BCUT2D eigenvalue weighted by atomic mass is 16.3. The maximum absolute atomic E-state index is 12.2. The van der Waals surface area contributed by atoms with E-state index >= 15 is 0 Å². The van der Waals surface area contributed by atoms with Gasteiger partial charge in [-0.2, -0.15) is 0 Å². The molecule has 4 aliphatic carbocycles. The summed E-state index contributed by atoms with van der Waals surface area (Å²) in [5.41, 5.74) is 2.11. The summed E-state index contributed by atoms with van der Waals surface area (Å²) < 4.78 is 0. The Kier molecular flexibility index (Phi) is 3.58. The average Bonchev–Trinajstić information content (AvgIpc) is 2.85. The van der Waals surface area contributed by atoms with Crippen LogP contribution in [0.4, 0.5) is 0 Å². The molecule has 0 radical (unpaired) electrons. The first kappa shape index (κ1) is 15.9. The van der Waals surface area contributed by atoms with Crippen LogP contribution in [0.15, 0.2) is 11.6 Å². The molecule has 0 amide bonds. The lowest BCUT2D eigenvalue weighted by Crippen LogP contribution is -2.50. The third-order valence-corrected chi connectivity index (χ3v) is 8.57. The molecule has 0 unspecified atom stereocenters. The predicted octanol–water partition coefficient (Wildman–Crippen LogP) is 4.52. The summed E-state index contributed by atoms with van der Waals surface area (Å²) in [7, 11) is 0. The van der Waals surface area contributed by atoms with Gasteiger partial charge in [0.05, 0.1) is 6.10 Å². The van der Waals surface area contributed by atoms with E-state index in [0.29, 0.717) is 17.1 Å². The first-order valence-corrected chi connectivity index (χ1v) is 9.74. The Labute approximate surface area is 140 Å². The first-order valence-electron chi connectivity index (χ1n) is 9.74. The Morgan fingerprint density at radius 3 is 2.65 bits per heavy atom. The van der Waals surface area contributed by atoms with Crippen molar-refractivity contribution in [3.63, 3.8) is 0 Å². The first-order chi connectivity index (χ1) is 10.9. The fourth-order valence-electron chi connectivity index (χ4n) is 7.31. The molecule has 0 aliphatic heterocycles. The van der Waals surface area contributed by atoms with Crippen molar-refractivity contribution in [3.8, 4) is 0 Å². The summed E-state index contributed by atoms with van der Waals surface area (Å²) in [5.74, 6) is 3.00. The molecule has 4 rings (SSSR count). The Morgan fingerprint density at radius 1 is 1.13 bits per heavy atom. The largest absolute Gasteiger partial charge is 0.393 e. The van der Waals surface area contributed by atoms with E-state index in [-0.39, 0.29) is 11.5 Å². The second-order valence-electron chi connectivity index (χ2n) is 9.44. The van der Waals surface area contributed by atoms with Gasteiger partial charge in [-0.15, -0.1) is 0 Å². The molecule has 0 heterocycles. The van der Waals surface area contributed by atoms with Gasteiger partial charge in [0.15, 0.2) is 0 Å². The minimum absolute atomic E-state index is 0.117. The van der Waals surface area contributed by atoms with Gasteiger partial charge in [0, 0.05) is 5.92 Å². The van der Waals surface area contributed by atoms with Crippen LogP contribution in [-0.2, 0) is 4.79 Å². The van der Waals surface area contributed by atoms with Crippen LogP contribution in [-0.4, -0.2) is 17.0 Å². The van der Waals surface area contributed by atoms with Gasteiger partial charge in [0.1, 0.15) is 5.78 Å². The topological polar surface area (TPSA) is 37.3 Å². The van der Waals surface area contributed by atoms with Gasteiger partial charge < -0.3 is 5.11 Å². The van der Waals surface area contributed by atoms with Crippen molar-refractivity contribution < 1.29 is 9.90 Å². The second kappa shape index (κ2) is 5.18. The molecule has 2 nitrogen and oxygen atoms in total. The van der Waals surface area contributed by atoms with Gasteiger partial charge in [0.25, 0.3) is 0 Å². The highest BCUT2D eigenvalue weighted by Gasteiger charge is 2.59. The van der Waals surface area contributed by atoms with Crippen LogP contribution in [0.2, 0.25) is 0 Å². The van der Waals surface area contributed by atoms with E-state index in [1.54, 1.807) is 5.57 Å². The standard InChI is InChI=1S/C21H32O2/c1-13(22)17-6-7-18-16-5-4-14-12-15(23)8-10-20(14,2)19(16)9-11-21(17,18)3/h4,15-19,23H,5-12H2,1-3H3/t15-,16+,17-,18+,19+,20+,21-/m0/s1. The highest BCUT2D eigenvalue weighted by molar-refractivity contribution is 5.79. The van der Waals surface area contributed by atoms with Crippen molar-refractivity contribution in [3.05, 3.63) is 11.6 Å². The zero-order valence-corrected chi connectivity index (χ0v) is 15.0. The summed E-state index contributed by atoms with van der Waals surface area (Å²) in [6.07, 6.45) is 11.5. The summed E-state index contributed by atoms with van der Waals surface area (Å²) in [6.45, 7) is 6.70. The minimum Gasteiger partial charge on any atom is -0.393 e. The minimum atomic E-state index is -0.117.